The number of nitrogens with zero attached hydrogens (tertiary/aromatic N) is 3. The highest BCUT2D eigenvalue weighted by molar-refractivity contribution is 5.88. The molecule has 2 amide bonds. The predicted molar refractivity (Wildman–Crippen MR) is 117 cm³/mol. The van der Waals surface area contributed by atoms with Crippen molar-refractivity contribution < 1.29 is 14.7 Å². The van der Waals surface area contributed by atoms with Gasteiger partial charge in [-0.15, -0.1) is 0 Å². The average molecular weight is 418 g/mol. The van der Waals surface area contributed by atoms with Crippen LogP contribution in [0.5, 0.6) is 0 Å². The molecule has 3 atom stereocenters. The predicted octanol–water partition coefficient (Wildman–Crippen LogP) is 1.97. The molecule has 160 valence electrons. The number of rotatable bonds is 5. The van der Waals surface area contributed by atoms with Crippen LogP contribution in [-0.4, -0.2) is 63.5 Å². The summed E-state index contributed by atoms with van der Waals surface area (Å²) in [4.78, 5) is 33.0. The third kappa shape index (κ3) is 4.33. The number of pyridine rings is 1. The van der Waals surface area contributed by atoms with E-state index in [0.717, 1.165) is 29.5 Å². The molecule has 0 spiro atoms. The lowest BCUT2D eigenvalue weighted by molar-refractivity contribution is -0.166. The van der Waals surface area contributed by atoms with E-state index in [9.17, 15) is 14.7 Å². The van der Waals surface area contributed by atoms with Crippen molar-refractivity contribution in [1.82, 2.24) is 14.8 Å². The first-order chi connectivity index (χ1) is 15.1. The Bertz CT molecular complexity index is 994. The van der Waals surface area contributed by atoms with Crippen molar-refractivity contribution in [2.24, 2.45) is 0 Å². The van der Waals surface area contributed by atoms with Gasteiger partial charge in [-0.05, 0) is 35.7 Å². The standard InChI is InChI=1S/C25H27N3O3/c1-2-3-4-6-18-8-10-20(11-9-18)25-21-15-27(16-24(31)28(21)22(25)17-29)23(30)13-19-7-5-12-26-14-19/h5,7-12,14,21-22,25,29H,2-3,13,15-17H2,1H3/t21-,22-,25-/m0/s1. The fourth-order valence-electron chi connectivity index (χ4n) is 4.56. The summed E-state index contributed by atoms with van der Waals surface area (Å²) < 4.78 is 0. The Hall–Kier alpha value is -3.17. The molecule has 0 radical (unpaired) electrons. The van der Waals surface area contributed by atoms with Crippen LogP contribution >= 0.6 is 0 Å². The summed E-state index contributed by atoms with van der Waals surface area (Å²) in [7, 11) is 0. The van der Waals surface area contributed by atoms with Gasteiger partial charge in [0.05, 0.1) is 31.7 Å². The zero-order valence-electron chi connectivity index (χ0n) is 17.7. The lowest BCUT2D eigenvalue weighted by Gasteiger charge is -2.58. The third-order valence-corrected chi connectivity index (χ3v) is 6.09. The van der Waals surface area contributed by atoms with Crippen LogP contribution in [0.15, 0.2) is 48.8 Å². The van der Waals surface area contributed by atoms with Crippen molar-refractivity contribution in [3.63, 3.8) is 0 Å². The Morgan fingerprint density at radius 3 is 2.74 bits per heavy atom. The normalized spacial score (nSPS) is 22.3. The smallest absolute Gasteiger partial charge is 0.242 e. The number of aliphatic hydroxyl groups excluding tert-OH is 1. The van der Waals surface area contributed by atoms with Crippen LogP contribution in [0.25, 0.3) is 0 Å². The van der Waals surface area contributed by atoms with E-state index in [2.05, 4.69) is 23.7 Å². The molecule has 3 heterocycles. The number of carbonyl (C=O) groups excluding carboxylic acids is 2. The Morgan fingerprint density at radius 2 is 2.06 bits per heavy atom. The first kappa shape index (κ1) is 21.1. The highest BCUT2D eigenvalue weighted by atomic mass is 16.3. The van der Waals surface area contributed by atoms with E-state index >= 15 is 0 Å². The molecule has 0 saturated carbocycles. The minimum Gasteiger partial charge on any atom is -0.394 e. The molecule has 0 aliphatic carbocycles. The van der Waals surface area contributed by atoms with Gasteiger partial charge < -0.3 is 14.9 Å². The minimum absolute atomic E-state index is 0.000549. The highest BCUT2D eigenvalue weighted by Crippen LogP contribution is 2.42. The third-order valence-electron chi connectivity index (χ3n) is 6.09. The van der Waals surface area contributed by atoms with Crippen molar-refractivity contribution in [2.75, 3.05) is 19.7 Å². The SMILES string of the molecule is CCCC#Cc1ccc([C@@H]2[C@H](CO)N3C(=O)CN(C(=O)Cc4cccnc4)C[C@@H]23)cc1. The van der Waals surface area contributed by atoms with Crippen molar-refractivity contribution in [1.29, 1.82) is 0 Å². The lowest BCUT2D eigenvalue weighted by atomic mass is 9.73. The molecule has 6 nitrogen and oxygen atoms in total. The van der Waals surface area contributed by atoms with Crippen LogP contribution in [0, 0.1) is 11.8 Å². The van der Waals surface area contributed by atoms with Gasteiger partial charge in [-0.2, -0.15) is 0 Å². The molecule has 1 aromatic carbocycles. The Kier molecular flexibility index (Phi) is 6.34. The van der Waals surface area contributed by atoms with Crippen molar-refractivity contribution in [3.8, 4) is 11.8 Å². The topological polar surface area (TPSA) is 73.7 Å². The molecule has 6 heteroatoms. The molecule has 0 unspecified atom stereocenters. The number of fused-ring (bicyclic) bond motifs is 1. The van der Waals surface area contributed by atoms with E-state index in [1.807, 2.05) is 30.3 Å². The molecule has 2 aliphatic heterocycles. The fraction of sp³-hybridized carbons (Fsp3) is 0.400. The number of carbonyl (C=O) groups is 2. The largest absolute Gasteiger partial charge is 0.394 e. The Morgan fingerprint density at radius 1 is 1.26 bits per heavy atom. The minimum atomic E-state index is -0.245. The van der Waals surface area contributed by atoms with Crippen LogP contribution in [0.4, 0.5) is 0 Å². The van der Waals surface area contributed by atoms with Gasteiger partial charge in [0, 0.05) is 36.8 Å². The Balaban J connectivity index is 1.49. The van der Waals surface area contributed by atoms with Crippen molar-refractivity contribution in [3.05, 3.63) is 65.5 Å². The number of aliphatic hydroxyl groups is 1. The molecule has 31 heavy (non-hydrogen) atoms. The number of hydrogen-bond acceptors (Lipinski definition) is 4. The molecular formula is C25H27N3O3. The molecule has 2 aliphatic rings. The number of benzene rings is 1. The molecule has 0 bridgehead atoms. The van der Waals surface area contributed by atoms with Crippen LogP contribution in [0.3, 0.4) is 0 Å². The summed E-state index contributed by atoms with van der Waals surface area (Å²) in [6.45, 7) is 2.55. The van der Waals surface area contributed by atoms with Crippen LogP contribution in [0.1, 0.15) is 42.4 Å². The second-order valence-electron chi connectivity index (χ2n) is 8.13. The number of piperazine rings is 1. The maximum Gasteiger partial charge on any atom is 0.242 e. The van der Waals surface area contributed by atoms with Crippen LogP contribution in [-0.2, 0) is 16.0 Å². The lowest BCUT2D eigenvalue weighted by Crippen LogP contribution is -2.73. The van der Waals surface area contributed by atoms with Crippen molar-refractivity contribution in [2.45, 2.75) is 44.2 Å². The number of unbranched alkanes of at least 4 members (excludes halogenated alkanes) is 1. The average Bonchev–Trinajstić information content (AvgIpc) is 2.77. The van der Waals surface area contributed by atoms with Crippen LogP contribution in [0.2, 0.25) is 0 Å². The van der Waals surface area contributed by atoms with E-state index in [1.54, 1.807) is 28.3 Å². The summed E-state index contributed by atoms with van der Waals surface area (Å²) in [6.07, 6.45) is 5.48. The van der Waals surface area contributed by atoms with Crippen LogP contribution < -0.4 is 0 Å². The highest BCUT2D eigenvalue weighted by Gasteiger charge is 2.54. The summed E-state index contributed by atoms with van der Waals surface area (Å²) in [6, 6.07) is 11.3. The molecule has 1 aromatic heterocycles. The van der Waals surface area contributed by atoms with Gasteiger partial charge in [0.15, 0.2) is 0 Å². The van der Waals surface area contributed by atoms with Gasteiger partial charge in [0.2, 0.25) is 11.8 Å². The maximum atomic E-state index is 12.8. The monoisotopic (exact) mass is 417 g/mol. The molecule has 4 rings (SSSR count). The zero-order chi connectivity index (χ0) is 21.8. The van der Waals surface area contributed by atoms with E-state index in [1.165, 1.54) is 0 Å². The molecule has 2 fully saturated rings. The number of amides is 2. The van der Waals surface area contributed by atoms with E-state index in [-0.39, 0.29) is 49.4 Å². The molecule has 2 saturated heterocycles. The van der Waals surface area contributed by atoms with Gasteiger partial charge in [-0.25, -0.2) is 0 Å². The maximum absolute atomic E-state index is 12.8. The van der Waals surface area contributed by atoms with E-state index in [0.29, 0.717) is 6.54 Å². The second-order valence-corrected chi connectivity index (χ2v) is 8.13. The van der Waals surface area contributed by atoms with Gasteiger partial charge in [0.1, 0.15) is 0 Å². The van der Waals surface area contributed by atoms with E-state index in [4.69, 9.17) is 0 Å². The summed E-state index contributed by atoms with van der Waals surface area (Å²) in [5, 5.41) is 9.94. The first-order valence-corrected chi connectivity index (χ1v) is 10.8. The van der Waals surface area contributed by atoms with Gasteiger partial charge in [0.25, 0.3) is 0 Å². The van der Waals surface area contributed by atoms with Gasteiger partial charge in [-0.1, -0.05) is 37.0 Å². The Labute approximate surface area is 182 Å². The molecule has 2 aromatic rings. The summed E-state index contributed by atoms with van der Waals surface area (Å²) in [5.41, 5.74) is 2.86. The summed E-state index contributed by atoms with van der Waals surface area (Å²) >= 11 is 0. The quantitative estimate of drug-likeness (QED) is 0.755. The number of aromatic nitrogens is 1. The van der Waals surface area contributed by atoms with Gasteiger partial charge >= 0.3 is 0 Å². The van der Waals surface area contributed by atoms with Crippen molar-refractivity contribution >= 4 is 11.8 Å². The fourth-order valence-corrected chi connectivity index (χ4v) is 4.56. The molecular weight excluding hydrogens is 390 g/mol. The van der Waals surface area contributed by atoms with E-state index < -0.39 is 0 Å². The second kappa shape index (κ2) is 9.32. The zero-order valence-corrected chi connectivity index (χ0v) is 17.7. The number of hydrogen-bond donors (Lipinski definition) is 1. The van der Waals surface area contributed by atoms with Gasteiger partial charge in [-0.3, -0.25) is 14.6 Å². The summed E-state index contributed by atoms with van der Waals surface area (Å²) in [5.74, 6) is 6.13. The molecule has 1 N–H and O–H groups in total. The first-order valence-electron chi connectivity index (χ1n) is 10.8.